The number of aliphatic hydroxyl groups excluding tert-OH is 1. The standard InChI is InChI=1S/C14H18BrN3O3/c1-4-18(7-12(19)17(2)3)11-6-10-8(5-9(11)15)13(20)14(21)16-10/h5-6,13,20H,4,7H2,1-3H3,(H,16,21). The minimum absolute atomic E-state index is 0.00619. The van der Waals surface area contributed by atoms with Gasteiger partial charge in [0, 0.05) is 36.4 Å². The van der Waals surface area contributed by atoms with E-state index >= 15 is 0 Å². The lowest BCUT2D eigenvalue weighted by molar-refractivity contribution is -0.127. The molecule has 6 nitrogen and oxygen atoms in total. The Morgan fingerprint density at radius 3 is 2.67 bits per heavy atom. The van der Waals surface area contributed by atoms with Crippen molar-refractivity contribution in [3.8, 4) is 0 Å². The van der Waals surface area contributed by atoms with Crippen LogP contribution in [0.2, 0.25) is 0 Å². The number of halogens is 1. The van der Waals surface area contributed by atoms with Gasteiger partial charge in [0.2, 0.25) is 5.91 Å². The van der Waals surface area contributed by atoms with Crippen LogP contribution < -0.4 is 10.2 Å². The maximum Gasteiger partial charge on any atom is 0.257 e. The van der Waals surface area contributed by atoms with Crippen LogP contribution in [0.1, 0.15) is 18.6 Å². The highest BCUT2D eigenvalue weighted by atomic mass is 79.9. The average Bonchev–Trinajstić information content (AvgIpc) is 2.70. The van der Waals surface area contributed by atoms with E-state index in [0.717, 1.165) is 10.2 Å². The Hall–Kier alpha value is -1.60. The molecule has 1 aliphatic rings. The molecular weight excluding hydrogens is 338 g/mol. The maximum absolute atomic E-state index is 11.9. The molecule has 2 amide bonds. The molecule has 114 valence electrons. The van der Waals surface area contributed by atoms with Gasteiger partial charge in [0.05, 0.1) is 12.2 Å². The zero-order valence-corrected chi connectivity index (χ0v) is 13.8. The van der Waals surface area contributed by atoms with E-state index in [2.05, 4.69) is 21.2 Å². The molecule has 1 heterocycles. The normalized spacial score (nSPS) is 16.4. The van der Waals surface area contributed by atoms with Crippen molar-refractivity contribution in [2.45, 2.75) is 13.0 Å². The number of hydrogen-bond donors (Lipinski definition) is 2. The fourth-order valence-corrected chi connectivity index (χ4v) is 2.78. The van der Waals surface area contributed by atoms with Crippen LogP contribution >= 0.6 is 15.9 Å². The molecule has 1 atom stereocenters. The van der Waals surface area contributed by atoms with E-state index in [0.29, 0.717) is 17.8 Å². The zero-order valence-electron chi connectivity index (χ0n) is 12.2. The van der Waals surface area contributed by atoms with Gasteiger partial charge in [-0.3, -0.25) is 9.59 Å². The predicted molar refractivity (Wildman–Crippen MR) is 84.3 cm³/mol. The van der Waals surface area contributed by atoms with Crippen molar-refractivity contribution in [1.29, 1.82) is 0 Å². The Bertz CT molecular complexity index is 589. The average molecular weight is 356 g/mol. The number of likely N-dealkylation sites (N-methyl/N-ethyl adjacent to an activating group) is 2. The van der Waals surface area contributed by atoms with Gasteiger partial charge in [-0.05, 0) is 35.0 Å². The fraction of sp³-hybridized carbons (Fsp3) is 0.429. The maximum atomic E-state index is 11.9. The molecule has 0 saturated carbocycles. The summed E-state index contributed by atoms with van der Waals surface area (Å²) < 4.78 is 0.741. The zero-order chi connectivity index (χ0) is 15.7. The topological polar surface area (TPSA) is 72.9 Å². The van der Waals surface area contributed by atoms with E-state index in [1.165, 1.54) is 4.90 Å². The Labute approximate surface area is 131 Å². The quantitative estimate of drug-likeness (QED) is 0.854. The Morgan fingerprint density at radius 2 is 2.10 bits per heavy atom. The summed E-state index contributed by atoms with van der Waals surface area (Å²) in [4.78, 5) is 26.8. The van der Waals surface area contributed by atoms with E-state index in [9.17, 15) is 14.7 Å². The van der Waals surface area contributed by atoms with Crippen molar-refractivity contribution in [1.82, 2.24) is 4.90 Å². The van der Waals surface area contributed by atoms with Crippen LogP contribution in [-0.2, 0) is 9.59 Å². The molecule has 0 saturated heterocycles. The number of fused-ring (bicyclic) bond motifs is 1. The summed E-state index contributed by atoms with van der Waals surface area (Å²) in [6.07, 6.45) is -1.14. The van der Waals surface area contributed by atoms with E-state index in [1.54, 1.807) is 26.2 Å². The number of benzene rings is 1. The monoisotopic (exact) mass is 355 g/mol. The molecule has 0 aromatic heterocycles. The van der Waals surface area contributed by atoms with Crippen molar-refractivity contribution in [3.05, 3.63) is 22.2 Å². The Morgan fingerprint density at radius 1 is 1.43 bits per heavy atom. The molecule has 0 spiro atoms. The van der Waals surface area contributed by atoms with E-state index in [-0.39, 0.29) is 12.5 Å². The second kappa shape index (κ2) is 6.03. The van der Waals surface area contributed by atoms with Crippen LogP contribution in [0.15, 0.2) is 16.6 Å². The van der Waals surface area contributed by atoms with Crippen LogP contribution in [0.5, 0.6) is 0 Å². The van der Waals surface area contributed by atoms with Crippen LogP contribution in [-0.4, -0.2) is 49.0 Å². The van der Waals surface area contributed by atoms with Gasteiger partial charge in [0.15, 0.2) is 6.10 Å². The van der Waals surface area contributed by atoms with Crippen molar-refractivity contribution in [2.24, 2.45) is 0 Å². The van der Waals surface area contributed by atoms with Gasteiger partial charge >= 0.3 is 0 Å². The molecule has 0 aliphatic carbocycles. The molecule has 1 aromatic rings. The first kappa shape index (κ1) is 15.8. The highest BCUT2D eigenvalue weighted by Gasteiger charge is 2.30. The summed E-state index contributed by atoms with van der Waals surface area (Å²) in [5, 5.41) is 12.4. The number of aliphatic hydroxyl groups is 1. The lowest BCUT2D eigenvalue weighted by Crippen LogP contribution is -2.36. The van der Waals surface area contributed by atoms with E-state index in [1.807, 2.05) is 11.8 Å². The first-order valence-corrected chi connectivity index (χ1v) is 7.42. The third kappa shape index (κ3) is 3.03. The lowest BCUT2D eigenvalue weighted by Gasteiger charge is -2.26. The molecule has 2 N–H and O–H groups in total. The second-order valence-electron chi connectivity index (χ2n) is 5.08. The Balaban J connectivity index is 2.33. The summed E-state index contributed by atoms with van der Waals surface area (Å²) in [5.41, 5.74) is 1.94. The summed E-state index contributed by atoms with van der Waals surface area (Å²) in [6.45, 7) is 2.85. The van der Waals surface area contributed by atoms with Gasteiger partial charge < -0.3 is 20.2 Å². The number of anilines is 2. The minimum atomic E-state index is -1.14. The van der Waals surface area contributed by atoms with Gasteiger partial charge in [-0.15, -0.1) is 0 Å². The Kier molecular flexibility index (Phi) is 4.53. The third-order valence-corrected chi connectivity index (χ3v) is 4.10. The van der Waals surface area contributed by atoms with Crippen LogP contribution in [0.25, 0.3) is 0 Å². The van der Waals surface area contributed by atoms with Gasteiger partial charge in [-0.2, -0.15) is 0 Å². The van der Waals surface area contributed by atoms with Crippen molar-refractivity contribution in [2.75, 3.05) is 37.4 Å². The molecule has 21 heavy (non-hydrogen) atoms. The van der Waals surface area contributed by atoms with E-state index in [4.69, 9.17) is 0 Å². The SMILES string of the molecule is CCN(CC(=O)N(C)C)c1cc2c(cc1Br)C(O)C(=O)N2. The van der Waals surface area contributed by atoms with Crippen molar-refractivity contribution in [3.63, 3.8) is 0 Å². The van der Waals surface area contributed by atoms with Crippen LogP contribution in [0, 0.1) is 0 Å². The smallest absolute Gasteiger partial charge is 0.257 e. The lowest BCUT2D eigenvalue weighted by atomic mass is 10.1. The molecule has 0 radical (unpaired) electrons. The number of amides is 2. The summed E-state index contributed by atoms with van der Waals surface area (Å²) in [6, 6.07) is 3.50. The second-order valence-corrected chi connectivity index (χ2v) is 5.94. The fourth-order valence-electron chi connectivity index (χ4n) is 2.17. The van der Waals surface area contributed by atoms with Gasteiger partial charge in [0.25, 0.3) is 5.91 Å². The minimum Gasteiger partial charge on any atom is -0.378 e. The molecule has 1 aliphatic heterocycles. The molecular formula is C14H18BrN3O3. The third-order valence-electron chi connectivity index (χ3n) is 3.47. The van der Waals surface area contributed by atoms with Gasteiger partial charge in [0.1, 0.15) is 0 Å². The van der Waals surface area contributed by atoms with E-state index < -0.39 is 12.0 Å². The highest BCUT2D eigenvalue weighted by Crippen LogP contribution is 2.38. The number of hydrogen-bond acceptors (Lipinski definition) is 4. The van der Waals surface area contributed by atoms with Crippen LogP contribution in [0.3, 0.4) is 0 Å². The molecule has 0 fully saturated rings. The molecule has 0 bridgehead atoms. The molecule has 7 heteroatoms. The number of rotatable bonds is 4. The first-order chi connectivity index (χ1) is 9.85. The number of nitrogens with zero attached hydrogens (tertiary/aromatic N) is 2. The molecule has 1 unspecified atom stereocenters. The summed E-state index contributed by atoms with van der Waals surface area (Å²) in [7, 11) is 3.43. The highest BCUT2D eigenvalue weighted by molar-refractivity contribution is 9.10. The molecule has 2 rings (SSSR count). The van der Waals surface area contributed by atoms with Crippen molar-refractivity contribution >= 4 is 39.1 Å². The summed E-state index contributed by atoms with van der Waals surface area (Å²) in [5.74, 6) is -0.435. The van der Waals surface area contributed by atoms with Gasteiger partial charge in [-0.25, -0.2) is 0 Å². The van der Waals surface area contributed by atoms with Crippen LogP contribution in [0.4, 0.5) is 11.4 Å². The predicted octanol–water partition coefficient (Wildman–Crippen LogP) is 1.35. The number of carbonyl (C=O) groups is 2. The first-order valence-electron chi connectivity index (χ1n) is 6.62. The van der Waals surface area contributed by atoms with Gasteiger partial charge in [-0.1, -0.05) is 0 Å². The number of nitrogens with one attached hydrogen (secondary N) is 1. The number of carbonyl (C=O) groups excluding carboxylic acids is 2. The summed E-state index contributed by atoms with van der Waals surface area (Å²) >= 11 is 3.45. The van der Waals surface area contributed by atoms with Crippen molar-refractivity contribution < 1.29 is 14.7 Å². The molecule has 1 aromatic carbocycles. The largest absolute Gasteiger partial charge is 0.378 e.